The average molecular weight is 430 g/mol. The third-order valence-corrected chi connectivity index (χ3v) is 6.79. The van der Waals surface area contributed by atoms with Gasteiger partial charge in [0.2, 0.25) is 10.0 Å². The minimum absolute atomic E-state index is 0.0728. The van der Waals surface area contributed by atoms with Gasteiger partial charge >= 0.3 is 0 Å². The Kier molecular flexibility index (Phi) is 6.46. The molecule has 1 amide bonds. The number of aromatic nitrogens is 1. The second-order valence-corrected chi connectivity index (χ2v) is 9.59. The molecule has 0 spiro atoms. The molecule has 0 saturated heterocycles. The number of hydrogen-bond donors (Lipinski definition) is 2. The Morgan fingerprint density at radius 1 is 1.10 bits per heavy atom. The summed E-state index contributed by atoms with van der Waals surface area (Å²) in [6, 6.07) is 12.6. The highest BCUT2D eigenvalue weighted by molar-refractivity contribution is 7.89. The molecule has 0 unspecified atom stereocenters. The van der Waals surface area contributed by atoms with E-state index in [9.17, 15) is 13.2 Å². The number of hydrogen-bond acceptors (Lipinski definition) is 5. The Bertz CT molecular complexity index is 1120. The van der Waals surface area contributed by atoms with Crippen molar-refractivity contribution in [1.82, 2.24) is 15.0 Å². The molecular weight excluding hydrogens is 406 g/mol. The van der Waals surface area contributed by atoms with E-state index in [1.807, 2.05) is 36.6 Å². The average Bonchev–Trinajstić information content (AvgIpc) is 3.15. The summed E-state index contributed by atoms with van der Waals surface area (Å²) in [6.07, 6.45) is 0.676. The third-order valence-electron chi connectivity index (χ3n) is 4.60. The molecule has 3 aromatic rings. The van der Waals surface area contributed by atoms with Crippen LogP contribution in [0.5, 0.6) is 0 Å². The molecule has 0 radical (unpaired) electrons. The maximum absolute atomic E-state index is 12.5. The summed E-state index contributed by atoms with van der Waals surface area (Å²) in [7, 11) is -2.25. The molecule has 152 valence electrons. The number of aryl methyl sites for hydroxylation is 2. The number of carbonyl (C=O) groups is 1. The molecule has 0 saturated carbocycles. The van der Waals surface area contributed by atoms with Crippen molar-refractivity contribution in [3.63, 3.8) is 0 Å². The molecule has 2 N–H and O–H groups in total. The van der Waals surface area contributed by atoms with Crippen LogP contribution in [0.25, 0.3) is 11.3 Å². The standard InChI is InChI=1S/C21H23N3O3S2/c1-14-4-9-18(29(26,27)22-3)12-19(14)21(25)23-11-10-16-5-7-17(8-6-16)20-13-28-15(2)24-20/h4-9,12-13,22H,10-11H2,1-3H3,(H,23,25). The number of nitrogens with one attached hydrogen (secondary N) is 2. The molecule has 8 heteroatoms. The van der Waals surface area contributed by atoms with Gasteiger partial charge in [-0.05, 0) is 50.6 Å². The molecular formula is C21H23N3O3S2. The van der Waals surface area contributed by atoms with Crippen molar-refractivity contribution in [1.29, 1.82) is 0 Å². The van der Waals surface area contributed by atoms with Gasteiger partial charge in [-0.15, -0.1) is 11.3 Å². The van der Waals surface area contributed by atoms with Crippen LogP contribution < -0.4 is 10.0 Å². The van der Waals surface area contributed by atoms with Gasteiger partial charge in [0.05, 0.1) is 15.6 Å². The maximum Gasteiger partial charge on any atom is 0.251 e. The van der Waals surface area contributed by atoms with E-state index in [0.29, 0.717) is 18.5 Å². The van der Waals surface area contributed by atoms with E-state index in [0.717, 1.165) is 27.4 Å². The first-order valence-electron chi connectivity index (χ1n) is 9.14. The second-order valence-electron chi connectivity index (χ2n) is 6.64. The first-order valence-corrected chi connectivity index (χ1v) is 11.5. The van der Waals surface area contributed by atoms with Gasteiger partial charge in [0.15, 0.2) is 0 Å². The molecule has 0 aliphatic carbocycles. The Hall–Kier alpha value is -2.55. The van der Waals surface area contributed by atoms with Crippen molar-refractivity contribution in [2.45, 2.75) is 25.2 Å². The van der Waals surface area contributed by atoms with Crippen LogP contribution in [-0.2, 0) is 16.4 Å². The molecule has 0 fully saturated rings. The van der Waals surface area contributed by atoms with Crippen LogP contribution in [-0.4, -0.2) is 32.9 Å². The quantitative estimate of drug-likeness (QED) is 0.603. The van der Waals surface area contributed by atoms with E-state index in [2.05, 4.69) is 15.0 Å². The van der Waals surface area contributed by atoms with Gasteiger partial charge in [-0.25, -0.2) is 18.1 Å². The van der Waals surface area contributed by atoms with Crippen molar-refractivity contribution in [3.05, 3.63) is 69.5 Å². The molecule has 29 heavy (non-hydrogen) atoms. The fourth-order valence-electron chi connectivity index (χ4n) is 2.88. The number of amides is 1. The lowest BCUT2D eigenvalue weighted by molar-refractivity contribution is 0.0953. The predicted octanol–water partition coefficient (Wildman–Crippen LogP) is 3.31. The first kappa shape index (κ1) is 21.2. The highest BCUT2D eigenvalue weighted by Gasteiger charge is 2.16. The largest absolute Gasteiger partial charge is 0.352 e. The van der Waals surface area contributed by atoms with E-state index in [1.165, 1.54) is 19.2 Å². The summed E-state index contributed by atoms with van der Waals surface area (Å²) >= 11 is 1.62. The fourth-order valence-corrected chi connectivity index (χ4v) is 4.26. The zero-order valence-electron chi connectivity index (χ0n) is 16.5. The molecule has 3 rings (SSSR count). The van der Waals surface area contributed by atoms with Gasteiger partial charge in [0.1, 0.15) is 0 Å². The fraction of sp³-hybridized carbons (Fsp3) is 0.238. The van der Waals surface area contributed by atoms with Gasteiger partial charge in [0.25, 0.3) is 5.91 Å². The molecule has 0 atom stereocenters. The summed E-state index contributed by atoms with van der Waals surface area (Å²) in [5.74, 6) is -0.287. The summed E-state index contributed by atoms with van der Waals surface area (Å²) in [5.41, 5.74) is 4.22. The van der Waals surface area contributed by atoms with Crippen molar-refractivity contribution in [2.24, 2.45) is 0 Å². The normalized spacial score (nSPS) is 11.4. The molecule has 1 heterocycles. The smallest absolute Gasteiger partial charge is 0.251 e. The summed E-state index contributed by atoms with van der Waals surface area (Å²) in [5, 5.41) is 5.94. The summed E-state index contributed by atoms with van der Waals surface area (Å²) < 4.78 is 26.2. The number of rotatable bonds is 7. The molecule has 0 aliphatic heterocycles. The highest BCUT2D eigenvalue weighted by atomic mass is 32.2. The molecule has 1 aromatic heterocycles. The Labute approximate surface area is 175 Å². The van der Waals surface area contributed by atoms with Gasteiger partial charge < -0.3 is 5.32 Å². The van der Waals surface area contributed by atoms with Crippen molar-refractivity contribution < 1.29 is 13.2 Å². The van der Waals surface area contributed by atoms with E-state index in [1.54, 1.807) is 24.3 Å². The highest BCUT2D eigenvalue weighted by Crippen LogP contribution is 2.22. The summed E-state index contributed by atoms with van der Waals surface area (Å²) in [6.45, 7) is 4.22. The van der Waals surface area contributed by atoms with Crippen molar-refractivity contribution in [2.75, 3.05) is 13.6 Å². The van der Waals surface area contributed by atoms with Crippen LogP contribution in [0.3, 0.4) is 0 Å². The van der Waals surface area contributed by atoms with Crippen LogP contribution >= 0.6 is 11.3 Å². The third kappa shape index (κ3) is 5.09. The van der Waals surface area contributed by atoms with E-state index >= 15 is 0 Å². The number of thiazole rings is 1. The molecule has 0 aliphatic rings. The van der Waals surface area contributed by atoms with Crippen LogP contribution in [0.2, 0.25) is 0 Å². The topological polar surface area (TPSA) is 88.2 Å². The number of carbonyl (C=O) groups excluding carboxylic acids is 1. The number of sulfonamides is 1. The molecule has 0 bridgehead atoms. The molecule has 6 nitrogen and oxygen atoms in total. The minimum atomic E-state index is -3.59. The Balaban J connectivity index is 1.62. The van der Waals surface area contributed by atoms with Crippen molar-refractivity contribution >= 4 is 27.3 Å². The lowest BCUT2D eigenvalue weighted by Gasteiger charge is -2.10. The zero-order chi connectivity index (χ0) is 21.0. The zero-order valence-corrected chi connectivity index (χ0v) is 18.2. The van der Waals surface area contributed by atoms with Crippen LogP contribution in [0.4, 0.5) is 0 Å². The SMILES string of the molecule is CNS(=O)(=O)c1ccc(C)c(C(=O)NCCc2ccc(-c3csc(C)n3)cc2)c1. The van der Waals surface area contributed by atoms with E-state index in [4.69, 9.17) is 0 Å². The Morgan fingerprint density at radius 3 is 2.45 bits per heavy atom. The lowest BCUT2D eigenvalue weighted by atomic mass is 10.1. The maximum atomic E-state index is 12.5. The van der Waals surface area contributed by atoms with Crippen LogP contribution in [0.1, 0.15) is 26.5 Å². The van der Waals surface area contributed by atoms with E-state index in [-0.39, 0.29) is 10.8 Å². The lowest BCUT2D eigenvalue weighted by Crippen LogP contribution is -2.27. The Morgan fingerprint density at radius 2 is 1.83 bits per heavy atom. The van der Waals surface area contributed by atoms with Crippen molar-refractivity contribution in [3.8, 4) is 11.3 Å². The first-order chi connectivity index (χ1) is 13.8. The summed E-state index contributed by atoms with van der Waals surface area (Å²) in [4.78, 5) is 17.1. The van der Waals surface area contributed by atoms with Gasteiger partial charge in [-0.3, -0.25) is 4.79 Å². The number of nitrogens with zero attached hydrogens (tertiary/aromatic N) is 1. The van der Waals surface area contributed by atoms with Gasteiger partial charge in [-0.2, -0.15) is 0 Å². The second kappa shape index (κ2) is 8.86. The molecule has 2 aromatic carbocycles. The predicted molar refractivity (Wildman–Crippen MR) is 116 cm³/mol. The van der Waals surface area contributed by atoms with Gasteiger partial charge in [-0.1, -0.05) is 30.3 Å². The van der Waals surface area contributed by atoms with Crippen LogP contribution in [0, 0.1) is 13.8 Å². The van der Waals surface area contributed by atoms with E-state index < -0.39 is 10.0 Å². The number of benzene rings is 2. The van der Waals surface area contributed by atoms with Crippen LogP contribution in [0.15, 0.2) is 52.7 Å². The monoisotopic (exact) mass is 429 g/mol. The minimum Gasteiger partial charge on any atom is -0.352 e. The van der Waals surface area contributed by atoms with Gasteiger partial charge in [0, 0.05) is 23.1 Å².